The van der Waals surface area contributed by atoms with E-state index in [1.54, 1.807) is 12.3 Å². The van der Waals surface area contributed by atoms with Crippen molar-refractivity contribution in [3.05, 3.63) is 78.6 Å². The molecule has 0 spiro atoms. The molecule has 0 bridgehead atoms. The number of hydrogen-bond acceptors (Lipinski definition) is 4. The summed E-state index contributed by atoms with van der Waals surface area (Å²) in [5.74, 6) is -0.392. The number of hydrogen-bond donors (Lipinski definition) is 2. The number of H-pyrrole nitrogens is 1. The van der Waals surface area contributed by atoms with E-state index < -0.39 is 14.2 Å². The van der Waals surface area contributed by atoms with Gasteiger partial charge in [-0.2, -0.15) is 5.10 Å². The Morgan fingerprint density at radius 2 is 1.55 bits per heavy atom. The van der Waals surface area contributed by atoms with Crippen LogP contribution in [0.15, 0.2) is 72.9 Å². The van der Waals surface area contributed by atoms with Gasteiger partial charge < -0.3 is 4.43 Å². The first-order valence-electron chi connectivity index (χ1n) is 9.62. The molecule has 0 unspecified atom stereocenters. The van der Waals surface area contributed by atoms with Gasteiger partial charge in [-0.1, -0.05) is 81.4 Å². The molecule has 1 heterocycles. The van der Waals surface area contributed by atoms with Gasteiger partial charge in [-0.05, 0) is 21.5 Å². The van der Waals surface area contributed by atoms with Crippen molar-refractivity contribution in [2.45, 2.75) is 25.8 Å². The summed E-state index contributed by atoms with van der Waals surface area (Å²) in [5, 5.41) is 8.74. The highest BCUT2D eigenvalue weighted by atomic mass is 28.4. The van der Waals surface area contributed by atoms with E-state index >= 15 is 0 Å². The van der Waals surface area contributed by atoms with Crippen LogP contribution in [0.1, 0.15) is 31.3 Å². The standard InChI is InChI=1S/C22H27N3O3Si/c1-22(2,3)29(18-10-6-4-7-11-18,19-12-8-5-9-13-19)28-17-16-27-25-21(26)20-14-15-23-24-20/h4-15H,16-17H2,1-3H3,(H,23,24)(H,25,26). The number of rotatable bonds is 8. The lowest BCUT2D eigenvalue weighted by Gasteiger charge is -2.43. The second kappa shape index (κ2) is 9.17. The van der Waals surface area contributed by atoms with Crippen molar-refractivity contribution < 1.29 is 14.1 Å². The number of aromatic nitrogens is 2. The van der Waals surface area contributed by atoms with E-state index in [0.29, 0.717) is 6.61 Å². The van der Waals surface area contributed by atoms with Crippen molar-refractivity contribution in [3.63, 3.8) is 0 Å². The molecule has 3 aromatic rings. The highest BCUT2D eigenvalue weighted by Crippen LogP contribution is 2.36. The SMILES string of the molecule is CC(C)(C)[Si](OCCONC(=O)c1cc[nH]n1)(c1ccccc1)c1ccccc1. The molecule has 152 valence electrons. The van der Waals surface area contributed by atoms with Crippen LogP contribution in [-0.2, 0) is 9.26 Å². The van der Waals surface area contributed by atoms with Gasteiger partial charge in [0.25, 0.3) is 14.2 Å². The van der Waals surface area contributed by atoms with Crippen molar-refractivity contribution >= 4 is 24.6 Å². The number of hydroxylamine groups is 1. The number of benzene rings is 2. The average Bonchev–Trinajstić information content (AvgIpc) is 3.26. The van der Waals surface area contributed by atoms with E-state index in [1.807, 2.05) is 12.1 Å². The van der Waals surface area contributed by atoms with Crippen LogP contribution in [0.5, 0.6) is 0 Å². The molecule has 0 atom stereocenters. The van der Waals surface area contributed by atoms with Crippen LogP contribution in [0.25, 0.3) is 0 Å². The minimum absolute atomic E-state index is 0.103. The third-order valence-corrected chi connectivity index (χ3v) is 9.86. The van der Waals surface area contributed by atoms with Gasteiger partial charge in [0.2, 0.25) is 0 Å². The van der Waals surface area contributed by atoms with E-state index in [4.69, 9.17) is 9.26 Å². The van der Waals surface area contributed by atoms with Gasteiger partial charge in [-0.15, -0.1) is 0 Å². The predicted molar refractivity (Wildman–Crippen MR) is 116 cm³/mol. The van der Waals surface area contributed by atoms with Gasteiger partial charge >= 0.3 is 0 Å². The third-order valence-electron chi connectivity index (χ3n) is 4.82. The van der Waals surface area contributed by atoms with Gasteiger partial charge in [0.05, 0.1) is 13.2 Å². The van der Waals surface area contributed by atoms with Crippen molar-refractivity contribution in [2.24, 2.45) is 0 Å². The summed E-state index contributed by atoms with van der Waals surface area (Å²) >= 11 is 0. The number of nitrogens with one attached hydrogen (secondary N) is 2. The van der Waals surface area contributed by atoms with Crippen LogP contribution in [0.2, 0.25) is 5.04 Å². The predicted octanol–water partition coefficient (Wildman–Crippen LogP) is 2.65. The van der Waals surface area contributed by atoms with E-state index in [2.05, 4.69) is 85.0 Å². The molecule has 2 N–H and O–H groups in total. The highest BCUT2D eigenvalue weighted by molar-refractivity contribution is 6.99. The normalized spacial score (nSPS) is 12.0. The first-order chi connectivity index (χ1) is 13.9. The maximum absolute atomic E-state index is 11.9. The Labute approximate surface area is 172 Å². The molecule has 0 aliphatic rings. The molecular formula is C22H27N3O3Si. The summed E-state index contributed by atoms with van der Waals surface area (Å²) in [6.07, 6.45) is 1.58. The third kappa shape index (κ3) is 4.64. The lowest BCUT2D eigenvalue weighted by atomic mass is 10.2. The summed E-state index contributed by atoms with van der Waals surface area (Å²) in [6, 6.07) is 22.4. The van der Waals surface area contributed by atoms with Gasteiger partial charge in [-0.25, -0.2) is 5.48 Å². The topological polar surface area (TPSA) is 76.2 Å². The molecule has 29 heavy (non-hydrogen) atoms. The molecule has 7 heteroatoms. The molecule has 1 amide bonds. The lowest BCUT2D eigenvalue weighted by molar-refractivity contribution is 0.0185. The first-order valence-corrected chi connectivity index (χ1v) is 11.5. The number of amides is 1. The maximum atomic E-state index is 11.9. The van der Waals surface area contributed by atoms with Crippen LogP contribution in [0.4, 0.5) is 0 Å². The molecule has 1 aromatic heterocycles. The second-order valence-corrected chi connectivity index (χ2v) is 12.1. The smallest absolute Gasteiger partial charge is 0.295 e. The number of carbonyl (C=O) groups is 1. The molecule has 0 radical (unpaired) electrons. The lowest BCUT2D eigenvalue weighted by Crippen LogP contribution is -2.66. The summed E-state index contributed by atoms with van der Waals surface area (Å²) in [4.78, 5) is 17.3. The number of carbonyl (C=O) groups excluding carboxylic acids is 1. The Hall–Kier alpha value is -2.74. The summed E-state index contributed by atoms with van der Waals surface area (Å²) in [6.45, 7) is 7.26. The van der Waals surface area contributed by atoms with Crippen molar-refractivity contribution in [1.82, 2.24) is 15.7 Å². The zero-order valence-electron chi connectivity index (χ0n) is 17.0. The minimum atomic E-state index is -2.59. The monoisotopic (exact) mass is 409 g/mol. The van der Waals surface area contributed by atoms with Crippen LogP contribution >= 0.6 is 0 Å². The van der Waals surface area contributed by atoms with Crippen LogP contribution < -0.4 is 15.9 Å². The average molecular weight is 410 g/mol. The Morgan fingerprint density at radius 3 is 2.03 bits per heavy atom. The van der Waals surface area contributed by atoms with Crippen LogP contribution in [0.3, 0.4) is 0 Å². The quantitative estimate of drug-likeness (QED) is 0.341. The number of aromatic amines is 1. The molecule has 2 aromatic carbocycles. The summed E-state index contributed by atoms with van der Waals surface area (Å²) < 4.78 is 6.68. The highest BCUT2D eigenvalue weighted by Gasteiger charge is 2.49. The van der Waals surface area contributed by atoms with Gasteiger partial charge in [0.1, 0.15) is 0 Å². The van der Waals surface area contributed by atoms with Crippen molar-refractivity contribution in [2.75, 3.05) is 13.2 Å². The molecule has 0 aliphatic heterocycles. The van der Waals surface area contributed by atoms with Crippen molar-refractivity contribution in [1.29, 1.82) is 0 Å². The van der Waals surface area contributed by atoms with Crippen molar-refractivity contribution in [3.8, 4) is 0 Å². The van der Waals surface area contributed by atoms with Crippen LogP contribution in [-0.4, -0.2) is 37.6 Å². The van der Waals surface area contributed by atoms with Gasteiger partial charge in [0, 0.05) is 6.20 Å². The zero-order valence-corrected chi connectivity index (χ0v) is 18.0. The Balaban J connectivity index is 1.76. The summed E-state index contributed by atoms with van der Waals surface area (Å²) in [5.41, 5.74) is 2.68. The molecule has 0 saturated heterocycles. The zero-order chi connectivity index (χ0) is 20.7. The minimum Gasteiger partial charge on any atom is -0.405 e. The fourth-order valence-corrected chi connectivity index (χ4v) is 8.10. The van der Waals surface area contributed by atoms with Crippen LogP contribution in [0, 0.1) is 0 Å². The molecular weight excluding hydrogens is 382 g/mol. The summed E-state index contributed by atoms with van der Waals surface area (Å²) in [7, 11) is -2.59. The van der Waals surface area contributed by atoms with Gasteiger partial charge in [-0.3, -0.25) is 14.7 Å². The molecule has 0 saturated carbocycles. The maximum Gasteiger partial charge on any atom is 0.295 e. The second-order valence-electron chi connectivity index (χ2n) is 7.75. The number of nitrogens with zero attached hydrogens (tertiary/aromatic N) is 1. The Bertz CT molecular complexity index is 855. The largest absolute Gasteiger partial charge is 0.405 e. The molecule has 3 rings (SSSR count). The van der Waals surface area contributed by atoms with E-state index in [-0.39, 0.29) is 17.3 Å². The fraction of sp³-hybridized carbons (Fsp3) is 0.273. The first kappa shape index (κ1) is 21.0. The van der Waals surface area contributed by atoms with E-state index in [0.717, 1.165) is 0 Å². The molecule has 0 aliphatic carbocycles. The van der Waals surface area contributed by atoms with E-state index in [9.17, 15) is 4.79 Å². The molecule has 0 fully saturated rings. The van der Waals surface area contributed by atoms with E-state index in [1.165, 1.54) is 10.4 Å². The fourth-order valence-electron chi connectivity index (χ4n) is 3.55. The Morgan fingerprint density at radius 1 is 0.966 bits per heavy atom. The van der Waals surface area contributed by atoms with Gasteiger partial charge in [0.15, 0.2) is 5.69 Å². The Kier molecular flexibility index (Phi) is 6.63. The molecule has 6 nitrogen and oxygen atoms in total.